The fourth-order valence-corrected chi connectivity index (χ4v) is 4.83. The van der Waals surface area contributed by atoms with Gasteiger partial charge < -0.3 is 24.3 Å². The SMILES string of the molecule is CCOC(=O)OCOP(C)(=O)c1ccc(NC(=O)c2cc(OCC3CCCC3)cc(OC(C)C)c2)nc1. The predicted octanol–water partition coefficient (Wildman–Crippen LogP) is 5.37. The number of carbonyl (C=O) groups excluding carboxylic acids is 2. The van der Waals surface area contributed by atoms with Gasteiger partial charge in [0.05, 0.1) is 24.6 Å². The summed E-state index contributed by atoms with van der Waals surface area (Å²) in [7, 11) is -3.32. The molecule has 0 aliphatic heterocycles. The molecule has 37 heavy (non-hydrogen) atoms. The topological polar surface area (TPSA) is 122 Å². The molecule has 1 aromatic heterocycles. The molecule has 0 bridgehead atoms. The fraction of sp³-hybridized carbons (Fsp3) is 0.500. The lowest BCUT2D eigenvalue weighted by molar-refractivity contribution is 0.00912. The van der Waals surface area contributed by atoms with Crippen molar-refractivity contribution in [2.24, 2.45) is 5.92 Å². The lowest BCUT2D eigenvalue weighted by Gasteiger charge is -2.16. The van der Waals surface area contributed by atoms with E-state index in [1.54, 1.807) is 25.1 Å². The van der Waals surface area contributed by atoms with Crippen LogP contribution in [0, 0.1) is 5.92 Å². The summed E-state index contributed by atoms with van der Waals surface area (Å²) >= 11 is 0. The summed E-state index contributed by atoms with van der Waals surface area (Å²) in [6.07, 6.45) is 5.14. The van der Waals surface area contributed by atoms with E-state index in [2.05, 4.69) is 15.0 Å². The summed E-state index contributed by atoms with van der Waals surface area (Å²) < 4.78 is 39.2. The molecule has 1 saturated carbocycles. The van der Waals surface area contributed by atoms with Gasteiger partial charge in [-0.3, -0.25) is 13.9 Å². The van der Waals surface area contributed by atoms with Gasteiger partial charge in [-0.1, -0.05) is 12.8 Å². The van der Waals surface area contributed by atoms with Crippen LogP contribution < -0.4 is 20.1 Å². The summed E-state index contributed by atoms with van der Waals surface area (Å²) in [5, 5.41) is 3.04. The highest BCUT2D eigenvalue weighted by Gasteiger charge is 2.22. The molecule has 0 saturated heterocycles. The molecule has 1 aliphatic carbocycles. The van der Waals surface area contributed by atoms with E-state index in [9.17, 15) is 14.2 Å². The van der Waals surface area contributed by atoms with E-state index in [0.29, 0.717) is 34.9 Å². The molecule has 0 spiro atoms. The van der Waals surface area contributed by atoms with Crippen LogP contribution in [0.1, 0.15) is 56.8 Å². The van der Waals surface area contributed by atoms with Crippen LogP contribution in [-0.4, -0.2) is 49.8 Å². The lowest BCUT2D eigenvalue weighted by Crippen LogP contribution is -2.16. The van der Waals surface area contributed by atoms with Crippen molar-refractivity contribution in [3.63, 3.8) is 0 Å². The molecule has 0 radical (unpaired) electrons. The van der Waals surface area contributed by atoms with Crippen molar-refractivity contribution < 1.29 is 37.6 Å². The molecule has 202 valence electrons. The largest absolute Gasteiger partial charge is 0.510 e. The monoisotopic (exact) mass is 534 g/mol. The van der Waals surface area contributed by atoms with Crippen LogP contribution in [0.3, 0.4) is 0 Å². The molecule has 1 heterocycles. The first-order chi connectivity index (χ1) is 17.7. The minimum absolute atomic E-state index is 0.0650. The number of carbonyl (C=O) groups is 2. The highest BCUT2D eigenvalue weighted by molar-refractivity contribution is 7.66. The molecule has 1 aliphatic rings. The van der Waals surface area contributed by atoms with Crippen molar-refractivity contribution in [3.05, 3.63) is 42.1 Å². The van der Waals surface area contributed by atoms with Crippen LogP contribution >= 0.6 is 7.37 Å². The zero-order valence-electron chi connectivity index (χ0n) is 21.7. The van der Waals surface area contributed by atoms with Gasteiger partial charge in [-0.15, -0.1) is 0 Å². The first-order valence-corrected chi connectivity index (χ1v) is 14.5. The third-order valence-electron chi connectivity index (χ3n) is 5.67. The first-order valence-electron chi connectivity index (χ1n) is 12.4. The number of amides is 1. The number of nitrogens with one attached hydrogen (secondary N) is 1. The summed E-state index contributed by atoms with van der Waals surface area (Å²) in [4.78, 5) is 28.4. The van der Waals surface area contributed by atoms with Gasteiger partial charge in [0, 0.05) is 24.5 Å². The number of benzene rings is 1. The van der Waals surface area contributed by atoms with Crippen LogP contribution in [0.25, 0.3) is 0 Å². The number of pyridine rings is 1. The van der Waals surface area contributed by atoms with Gasteiger partial charge in [-0.25, -0.2) is 9.78 Å². The smallest absolute Gasteiger partial charge is 0.493 e. The van der Waals surface area contributed by atoms with E-state index in [1.165, 1.54) is 37.8 Å². The maximum atomic E-state index is 13.0. The van der Waals surface area contributed by atoms with Gasteiger partial charge in [0.1, 0.15) is 17.3 Å². The summed E-state index contributed by atoms with van der Waals surface area (Å²) in [6, 6.07) is 8.18. The molecular weight excluding hydrogens is 499 g/mol. The Morgan fingerprint density at radius 3 is 2.49 bits per heavy atom. The van der Waals surface area contributed by atoms with Gasteiger partial charge in [-0.2, -0.15) is 0 Å². The zero-order valence-corrected chi connectivity index (χ0v) is 22.6. The third kappa shape index (κ3) is 9.05. The average molecular weight is 535 g/mol. The highest BCUT2D eigenvalue weighted by Crippen LogP contribution is 2.41. The van der Waals surface area contributed by atoms with Crippen molar-refractivity contribution in [2.75, 3.05) is 32.0 Å². The van der Waals surface area contributed by atoms with Gasteiger partial charge in [0.2, 0.25) is 14.2 Å². The van der Waals surface area contributed by atoms with Gasteiger partial charge in [0.25, 0.3) is 5.91 Å². The molecular formula is C26H35N2O8P. The Labute approximate surface area is 217 Å². The molecule has 2 aromatic rings. The van der Waals surface area contributed by atoms with Crippen LogP contribution in [0.5, 0.6) is 11.5 Å². The molecule has 11 heteroatoms. The van der Waals surface area contributed by atoms with Crippen molar-refractivity contribution in [1.29, 1.82) is 0 Å². The van der Waals surface area contributed by atoms with E-state index in [1.807, 2.05) is 13.8 Å². The number of anilines is 1. The Balaban J connectivity index is 1.64. The normalized spacial score (nSPS) is 15.2. The molecule has 1 fully saturated rings. The van der Waals surface area contributed by atoms with Gasteiger partial charge >= 0.3 is 6.16 Å². The van der Waals surface area contributed by atoms with Crippen molar-refractivity contribution in [2.45, 2.75) is 52.6 Å². The Morgan fingerprint density at radius 1 is 1.11 bits per heavy atom. The van der Waals surface area contributed by atoms with Gasteiger partial charge in [0.15, 0.2) is 0 Å². The Kier molecular flexibility index (Phi) is 10.3. The summed E-state index contributed by atoms with van der Waals surface area (Å²) in [6.45, 7) is 7.09. The number of rotatable bonds is 12. The van der Waals surface area contributed by atoms with Crippen molar-refractivity contribution in [3.8, 4) is 11.5 Å². The molecule has 1 atom stereocenters. The van der Waals surface area contributed by atoms with E-state index in [4.69, 9.17) is 18.7 Å². The van der Waals surface area contributed by atoms with E-state index in [-0.39, 0.29) is 24.4 Å². The van der Waals surface area contributed by atoms with Gasteiger partial charge in [-0.05, 0) is 63.8 Å². The second-order valence-electron chi connectivity index (χ2n) is 9.10. The van der Waals surface area contributed by atoms with Crippen LogP contribution in [0.15, 0.2) is 36.5 Å². The number of hydrogen-bond acceptors (Lipinski definition) is 9. The Morgan fingerprint density at radius 2 is 1.84 bits per heavy atom. The Bertz CT molecular complexity index is 1100. The maximum Gasteiger partial charge on any atom is 0.510 e. The van der Waals surface area contributed by atoms with Crippen LogP contribution in [-0.2, 0) is 18.6 Å². The van der Waals surface area contributed by atoms with E-state index < -0.39 is 20.3 Å². The molecule has 1 aromatic carbocycles. The van der Waals surface area contributed by atoms with E-state index in [0.717, 1.165) is 12.8 Å². The molecule has 1 unspecified atom stereocenters. The standard InChI is InChI=1S/C26H35N2O8P/c1-5-32-26(30)34-17-35-37(4,31)23-10-11-24(27-15-23)28-25(29)20-12-21(14-22(13-20)36-18(2)3)33-16-19-8-6-7-9-19/h10-15,18-19H,5-9,16-17H2,1-4H3,(H,27,28,29). The van der Waals surface area contributed by atoms with Crippen LogP contribution in [0.4, 0.5) is 10.6 Å². The second-order valence-corrected chi connectivity index (χ2v) is 11.6. The number of ether oxygens (including phenoxy) is 4. The molecule has 1 N–H and O–H groups in total. The first kappa shape index (κ1) is 28.5. The zero-order chi connectivity index (χ0) is 26.8. The molecule has 10 nitrogen and oxygen atoms in total. The number of aromatic nitrogens is 1. The van der Waals surface area contributed by atoms with Crippen molar-refractivity contribution in [1.82, 2.24) is 4.98 Å². The second kappa shape index (κ2) is 13.4. The van der Waals surface area contributed by atoms with E-state index >= 15 is 0 Å². The lowest BCUT2D eigenvalue weighted by atomic mass is 10.1. The molecule has 1 amide bonds. The highest BCUT2D eigenvalue weighted by atomic mass is 31.2. The minimum atomic E-state index is -3.32. The third-order valence-corrected chi connectivity index (χ3v) is 7.47. The predicted molar refractivity (Wildman–Crippen MR) is 139 cm³/mol. The summed E-state index contributed by atoms with van der Waals surface area (Å²) in [5.74, 6) is 1.53. The molecule has 3 rings (SSSR count). The fourth-order valence-electron chi connectivity index (χ4n) is 3.82. The average Bonchev–Trinajstić information content (AvgIpc) is 3.36. The Hall–Kier alpha value is -3.10. The number of hydrogen-bond donors (Lipinski definition) is 1. The maximum absolute atomic E-state index is 13.0. The van der Waals surface area contributed by atoms with Crippen LogP contribution in [0.2, 0.25) is 0 Å². The summed E-state index contributed by atoms with van der Waals surface area (Å²) in [5.41, 5.74) is 0.367. The van der Waals surface area contributed by atoms with Crippen molar-refractivity contribution >= 4 is 30.6 Å². The number of nitrogens with zero attached hydrogens (tertiary/aromatic N) is 1. The minimum Gasteiger partial charge on any atom is -0.493 e. The quantitative estimate of drug-likeness (QED) is 0.217.